The third kappa shape index (κ3) is 3.81. The summed E-state index contributed by atoms with van der Waals surface area (Å²) in [5.41, 5.74) is 7.01. The zero-order chi connectivity index (χ0) is 14.0. The number of thiocarbonyl (C=S) groups is 1. The van der Waals surface area contributed by atoms with E-state index >= 15 is 0 Å². The minimum Gasteiger partial charge on any atom is -0.389 e. The number of nitrogens with one attached hydrogen (secondary N) is 1. The molecule has 104 valence electrons. The van der Waals surface area contributed by atoms with Gasteiger partial charge in [-0.15, -0.1) is 0 Å². The summed E-state index contributed by atoms with van der Waals surface area (Å²) in [7, 11) is -2.83. The van der Waals surface area contributed by atoms with E-state index in [1.54, 1.807) is 18.2 Å². The fraction of sp³-hybridized carbons (Fsp3) is 0.417. The van der Waals surface area contributed by atoms with Gasteiger partial charge in [0, 0.05) is 12.1 Å². The van der Waals surface area contributed by atoms with Crippen LogP contribution in [0.4, 0.5) is 5.69 Å². The van der Waals surface area contributed by atoms with Crippen molar-refractivity contribution in [3.63, 3.8) is 0 Å². The number of halogens is 1. The van der Waals surface area contributed by atoms with E-state index in [9.17, 15) is 8.42 Å². The second-order valence-electron chi connectivity index (χ2n) is 4.71. The third-order valence-corrected chi connectivity index (χ3v) is 5.55. The first kappa shape index (κ1) is 14.6. The maximum Gasteiger partial charge on any atom is 0.150 e. The highest BCUT2D eigenvalue weighted by molar-refractivity contribution is 7.91. The highest BCUT2D eigenvalue weighted by Crippen LogP contribution is 2.25. The molecule has 7 heteroatoms. The molecule has 1 atom stereocenters. The Labute approximate surface area is 123 Å². The molecule has 1 saturated heterocycles. The van der Waals surface area contributed by atoms with Crippen LogP contribution in [0.3, 0.4) is 0 Å². The zero-order valence-corrected chi connectivity index (χ0v) is 12.6. The summed E-state index contributed by atoms with van der Waals surface area (Å²) < 4.78 is 22.7. The topological polar surface area (TPSA) is 72.2 Å². The lowest BCUT2D eigenvalue weighted by molar-refractivity contribution is 0.596. The Morgan fingerprint density at radius 3 is 2.79 bits per heavy atom. The maximum atomic E-state index is 11.4. The van der Waals surface area contributed by atoms with Gasteiger partial charge >= 0.3 is 0 Å². The van der Waals surface area contributed by atoms with Crippen LogP contribution in [0.15, 0.2) is 18.2 Å². The van der Waals surface area contributed by atoms with Gasteiger partial charge in [0.1, 0.15) is 4.99 Å². The molecular formula is C12H15ClN2O2S2. The minimum absolute atomic E-state index is 0.149. The van der Waals surface area contributed by atoms with Crippen molar-refractivity contribution in [2.24, 2.45) is 11.7 Å². The quantitative estimate of drug-likeness (QED) is 0.829. The van der Waals surface area contributed by atoms with Crippen LogP contribution >= 0.6 is 23.8 Å². The van der Waals surface area contributed by atoms with Crippen molar-refractivity contribution in [3.8, 4) is 0 Å². The first-order valence-electron chi connectivity index (χ1n) is 5.91. The van der Waals surface area contributed by atoms with Gasteiger partial charge in [0.25, 0.3) is 0 Å². The van der Waals surface area contributed by atoms with Crippen LogP contribution in [0.2, 0.25) is 5.02 Å². The van der Waals surface area contributed by atoms with Gasteiger partial charge in [-0.2, -0.15) is 0 Å². The van der Waals surface area contributed by atoms with Gasteiger partial charge in [-0.25, -0.2) is 8.42 Å². The van der Waals surface area contributed by atoms with E-state index in [-0.39, 0.29) is 17.4 Å². The summed E-state index contributed by atoms with van der Waals surface area (Å²) in [4.78, 5) is 0.301. The third-order valence-electron chi connectivity index (χ3n) is 3.16. The Morgan fingerprint density at radius 2 is 2.26 bits per heavy atom. The summed E-state index contributed by atoms with van der Waals surface area (Å²) in [6.07, 6.45) is 0.706. The molecule has 19 heavy (non-hydrogen) atoms. The predicted molar refractivity (Wildman–Crippen MR) is 82.6 cm³/mol. The number of hydrogen-bond donors (Lipinski definition) is 2. The van der Waals surface area contributed by atoms with Crippen LogP contribution in [0, 0.1) is 5.92 Å². The molecule has 2 rings (SSSR count). The molecule has 1 aromatic carbocycles. The van der Waals surface area contributed by atoms with Gasteiger partial charge < -0.3 is 11.1 Å². The number of sulfone groups is 1. The van der Waals surface area contributed by atoms with Crippen LogP contribution in [0.25, 0.3) is 0 Å². The zero-order valence-electron chi connectivity index (χ0n) is 10.2. The molecule has 0 aliphatic carbocycles. The number of nitrogens with two attached hydrogens (primary N) is 1. The maximum absolute atomic E-state index is 11.4. The first-order valence-corrected chi connectivity index (χ1v) is 8.52. The predicted octanol–water partition coefficient (Wildman–Crippen LogP) is 1.82. The van der Waals surface area contributed by atoms with E-state index in [0.717, 1.165) is 5.69 Å². The van der Waals surface area contributed by atoms with Crippen LogP contribution in [0.1, 0.15) is 12.0 Å². The van der Waals surface area contributed by atoms with E-state index < -0.39 is 9.84 Å². The van der Waals surface area contributed by atoms with Crippen molar-refractivity contribution in [3.05, 3.63) is 28.8 Å². The van der Waals surface area contributed by atoms with Crippen molar-refractivity contribution in [2.75, 3.05) is 23.4 Å². The molecule has 1 fully saturated rings. The van der Waals surface area contributed by atoms with Crippen LogP contribution in [-0.2, 0) is 9.84 Å². The second kappa shape index (κ2) is 5.64. The average molecular weight is 319 g/mol. The molecule has 0 spiro atoms. The van der Waals surface area contributed by atoms with Crippen molar-refractivity contribution in [2.45, 2.75) is 6.42 Å². The van der Waals surface area contributed by atoms with E-state index in [2.05, 4.69) is 5.32 Å². The number of hydrogen-bond acceptors (Lipinski definition) is 4. The Hall–Kier alpha value is -0.850. The minimum atomic E-state index is -2.83. The second-order valence-corrected chi connectivity index (χ2v) is 7.78. The number of rotatable bonds is 4. The number of anilines is 1. The lowest BCUT2D eigenvalue weighted by Gasteiger charge is -2.13. The summed E-state index contributed by atoms with van der Waals surface area (Å²) >= 11 is 11.0. The Balaban J connectivity index is 1.99. The summed E-state index contributed by atoms with van der Waals surface area (Å²) in [6, 6.07) is 5.31. The number of benzene rings is 1. The Bertz CT molecular complexity index is 602. The lowest BCUT2D eigenvalue weighted by atomic mass is 10.1. The van der Waals surface area contributed by atoms with Crippen molar-refractivity contribution >= 4 is 44.3 Å². The normalized spacial score (nSPS) is 21.2. The largest absolute Gasteiger partial charge is 0.389 e. The molecule has 1 aromatic rings. The molecule has 0 bridgehead atoms. The average Bonchev–Trinajstić information content (AvgIpc) is 2.67. The van der Waals surface area contributed by atoms with Crippen molar-refractivity contribution in [1.29, 1.82) is 0 Å². The van der Waals surface area contributed by atoms with Crippen LogP contribution < -0.4 is 11.1 Å². The molecule has 1 aliphatic heterocycles. The van der Waals surface area contributed by atoms with Crippen LogP contribution in [0.5, 0.6) is 0 Å². The summed E-state index contributed by atoms with van der Waals surface area (Å²) in [6.45, 7) is 0.603. The molecule has 0 amide bonds. The summed E-state index contributed by atoms with van der Waals surface area (Å²) in [5, 5.41) is 3.71. The van der Waals surface area contributed by atoms with E-state index in [1.807, 2.05) is 0 Å². The summed E-state index contributed by atoms with van der Waals surface area (Å²) in [5.74, 6) is 0.687. The smallest absolute Gasteiger partial charge is 0.150 e. The van der Waals surface area contributed by atoms with Gasteiger partial charge in [0.2, 0.25) is 0 Å². The standard InChI is InChI=1S/C12H15ClN2O2S2/c13-10-5-9(12(14)18)1-2-11(10)15-6-8-3-4-19(16,17)7-8/h1-2,5,8,15H,3-4,6-7H2,(H2,14,18). The molecule has 1 aliphatic rings. The highest BCUT2D eigenvalue weighted by Gasteiger charge is 2.27. The molecule has 0 aromatic heterocycles. The first-order chi connectivity index (χ1) is 8.87. The molecule has 0 radical (unpaired) electrons. The van der Waals surface area contributed by atoms with Crippen LogP contribution in [-0.4, -0.2) is 31.5 Å². The van der Waals surface area contributed by atoms with E-state index in [4.69, 9.17) is 29.6 Å². The molecule has 3 N–H and O–H groups in total. The fourth-order valence-electron chi connectivity index (χ4n) is 2.10. The monoisotopic (exact) mass is 318 g/mol. The SMILES string of the molecule is NC(=S)c1ccc(NCC2CCS(=O)(=O)C2)c(Cl)c1. The van der Waals surface area contributed by atoms with Crippen molar-refractivity contribution < 1.29 is 8.42 Å². The van der Waals surface area contributed by atoms with Gasteiger partial charge in [-0.3, -0.25) is 0 Å². The molecule has 1 unspecified atom stereocenters. The van der Waals surface area contributed by atoms with Gasteiger partial charge in [0.15, 0.2) is 9.84 Å². The molecule has 1 heterocycles. The molecule has 0 saturated carbocycles. The van der Waals surface area contributed by atoms with Crippen molar-refractivity contribution in [1.82, 2.24) is 0 Å². The highest BCUT2D eigenvalue weighted by atomic mass is 35.5. The van der Waals surface area contributed by atoms with E-state index in [1.165, 1.54) is 0 Å². The van der Waals surface area contributed by atoms with Gasteiger partial charge in [-0.05, 0) is 30.5 Å². The van der Waals surface area contributed by atoms with E-state index in [0.29, 0.717) is 28.5 Å². The molecular weight excluding hydrogens is 304 g/mol. The van der Waals surface area contributed by atoms with Gasteiger partial charge in [0.05, 0.1) is 22.2 Å². The molecule has 4 nitrogen and oxygen atoms in total. The van der Waals surface area contributed by atoms with Gasteiger partial charge in [-0.1, -0.05) is 23.8 Å². The Kier molecular flexibility index (Phi) is 4.32. The lowest BCUT2D eigenvalue weighted by Crippen LogP contribution is -2.16. The Morgan fingerprint density at radius 1 is 1.53 bits per heavy atom. The fourth-order valence-corrected chi connectivity index (χ4v) is 4.34.